The van der Waals surface area contributed by atoms with Gasteiger partial charge in [-0.3, -0.25) is 4.90 Å². The molecule has 2 heterocycles. The normalized spacial score (nSPS) is 24.5. The third-order valence-corrected chi connectivity index (χ3v) is 5.42. The van der Waals surface area contributed by atoms with Crippen molar-refractivity contribution in [3.05, 3.63) is 29.8 Å². The Bertz CT molecular complexity index is 478. The first-order chi connectivity index (χ1) is 10.0. The Morgan fingerprint density at radius 2 is 1.86 bits per heavy atom. The summed E-state index contributed by atoms with van der Waals surface area (Å²) in [6.07, 6.45) is -3.02. The number of thioether (sulfide) groups is 1. The topological polar surface area (TPSA) is 6.48 Å². The van der Waals surface area contributed by atoms with Crippen LogP contribution in [0.25, 0.3) is 0 Å². The smallest absolute Gasteiger partial charge is 0.369 e. The Morgan fingerprint density at radius 1 is 1.10 bits per heavy atom. The Kier molecular flexibility index (Phi) is 4.36. The van der Waals surface area contributed by atoms with Gasteiger partial charge in [-0.2, -0.15) is 24.9 Å². The number of alkyl halides is 3. The highest BCUT2D eigenvalue weighted by atomic mass is 32.2. The van der Waals surface area contributed by atoms with E-state index in [4.69, 9.17) is 0 Å². The van der Waals surface area contributed by atoms with Crippen molar-refractivity contribution in [3.63, 3.8) is 0 Å². The summed E-state index contributed by atoms with van der Waals surface area (Å²) in [6.45, 7) is 3.51. The van der Waals surface area contributed by atoms with Gasteiger partial charge in [-0.15, -0.1) is 0 Å². The number of hydrogen-bond donors (Lipinski definition) is 0. The standard InChI is InChI=1S/C15H19F3N2S/c16-15(17,18)12-2-1-3-13(10-12)19-5-7-20(8-6-19)14-4-9-21-11-14/h1-3,10,14H,4-9,11H2. The van der Waals surface area contributed by atoms with Gasteiger partial charge in [0, 0.05) is 43.7 Å². The minimum absolute atomic E-state index is 0.561. The van der Waals surface area contributed by atoms with Crippen LogP contribution in [0.1, 0.15) is 12.0 Å². The predicted molar refractivity (Wildman–Crippen MR) is 81.0 cm³/mol. The molecule has 21 heavy (non-hydrogen) atoms. The fraction of sp³-hybridized carbons (Fsp3) is 0.600. The van der Waals surface area contributed by atoms with Crippen molar-refractivity contribution in [1.29, 1.82) is 0 Å². The first kappa shape index (κ1) is 15.0. The quantitative estimate of drug-likeness (QED) is 0.826. The molecular weight excluding hydrogens is 297 g/mol. The van der Waals surface area contributed by atoms with Gasteiger partial charge in [0.1, 0.15) is 0 Å². The molecule has 116 valence electrons. The van der Waals surface area contributed by atoms with E-state index in [1.54, 1.807) is 6.07 Å². The summed E-state index contributed by atoms with van der Waals surface area (Å²) in [5.74, 6) is 2.43. The number of piperazine rings is 1. The molecule has 2 saturated heterocycles. The van der Waals surface area contributed by atoms with Crippen LogP contribution in [0.2, 0.25) is 0 Å². The molecule has 1 atom stereocenters. The minimum Gasteiger partial charge on any atom is -0.369 e. The van der Waals surface area contributed by atoms with Crippen LogP contribution < -0.4 is 4.90 Å². The van der Waals surface area contributed by atoms with Gasteiger partial charge in [0.05, 0.1) is 5.56 Å². The van der Waals surface area contributed by atoms with Crippen LogP contribution in [0.3, 0.4) is 0 Å². The van der Waals surface area contributed by atoms with Gasteiger partial charge < -0.3 is 4.90 Å². The molecule has 1 unspecified atom stereocenters. The van der Waals surface area contributed by atoms with E-state index < -0.39 is 11.7 Å². The molecule has 1 aromatic rings. The molecule has 1 aromatic carbocycles. The first-order valence-corrected chi connectivity index (χ1v) is 8.43. The van der Waals surface area contributed by atoms with E-state index in [1.165, 1.54) is 30.1 Å². The van der Waals surface area contributed by atoms with Crippen LogP contribution >= 0.6 is 11.8 Å². The molecule has 6 heteroatoms. The van der Waals surface area contributed by atoms with Gasteiger partial charge >= 0.3 is 6.18 Å². The van der Waals surface area contributed by atoms with Crippen LogP contribution in [-0.4, -0.2) is 48.6 Å². The lowest BCUT2D eigenvalue weighted by molar-refractivity contribution is -0.137. The summed E-state index contributed by atoms with van der Waals surface area (Å²) >= 11 is 2.00. The molecule has 0 bridgehead atoms. The largest absolute Gasteiger partial charge is 0.416 e. The number of rotatable bonds is 2. The van der Waals surface area contributed by atoms with E-state index >= 15 is 0 Å². The number of halogens is 3. The molecular formula is C15H19F3N2S. The van der Waals surface area contributed by atoms with Crippen molar-refractivity contribution >= 4 is 17.4 Å². The predicted octanol–water partition coefficient (Wildman–Crippen LogP) is 3.33. The van der Waals surface area contributed by atoms with Gasteiger partial charge in [-0.05, 0) is 30.4 Å². The lowest BCUT2D eigenvalue weighted by Crippen LogP contribution is -2.50. The number of anilines is 1. The van der Waals surface area contributed by atoms with Gasteiger partial charge in [-0.1, -0.05) is 6.07 Å². The maximum atomic E-state index is 12.8. The Labute approximate surface area is 127 Å². The lowest BCUT2D eigenvalue weighted by Gasteiger charge is -2.39. The summed E-state index contributed by atoms with van der Waals surface area (Å²) in [5, 5.41) is 0. The third-order valence-electron chi connectivity index (χ3n) is 4.27. The summed E-state index contributed by atoms with van der Waals surface area (Å²) in [6, 6.07) is 6.34. The highest BCUT2D eigenvalue weighted by molar-refractivity contribution is 7.99. The summed E-state index contributed by atoms with van der Waals surface area (Å²) in [5.41, 5.74) is 0.125. The van der Waals surface area contributed by atoms with Crippen LogP contribution in [0, 0.1) is 0 Å². The van der Waals surface area contributed by atoms with E-state index in [-0.39, 0.29) is 0 Å². The van der Waals surface area contributed by atoms with E-state index in [2.05, 4.69) is 9.80 Å². The molecule has 2 nitrogen and oxygen atoms in total. The molecule has 0 aromatic heterocycles. The van der Waals surface area contributed by atoms with Crippen LogP contribution in [0.4, 0.5) is 18.9 Å². The van der Waals surface area contributed by atoms with Crippen LogP contribution in [0.5, 0.6) is 0 Å². The summed E-state index contributed by atoms with van der Waals surface area (Å²) in [7, 11) is 0. The molecule has 0 N–H and O–H groups in total. The summed E-state index contributed by atoms with van der Waals surface area (Å²) in [4.78, 5) is 4.55. The number of nitrogens with zero attached hydrogens (tertiary/aromatic N) is 2. The van der Waals surface area contributed by atoms with Crippen molar-refractivity contribution in [2.75, 3.05) is 42.6 Å². The van der Waals surface area contributed by atoms with Crippen molar-refractivity contribution in [2.45, 2.75) is 18.6 Å². The molecule has 2 aliphatic heterocycles. The highest BCUT2D eigenvalue weighted by Gasteiger charge is 2.31. The van der Waals surface area contributed by atoms with Crippen molar-refractivity contribution in [1.82, 2.24) is 4.90 Å². The monoisotopic (exact) mass is 316 g/mol. The fourth-order valence-corrected chi connectivity index (χ4v) is 4.29. The van der Waals surface area contributed by atoms with Crippen molar-refractivity contribution in [2.24, 2.45) is 0 Å². The molecule has 2 fully saturated rings. The van der Waals surface area contributed by atoms with Crippen LogP contribution in [-0.2, 0) is 6.18 Å². The Balaban J connectivity index is 1.64. The zero-order chi connectivity index (χ0) is 14.9. The second kappa shape index (κ2) is 6.08. The first-order valence-electron chi connectivity index (χ1n) is 7.28. The molecule has 0 amide bonds. The van der Waals surface area contributed by atoms with E-state index in [0.29, 0.717) is 11.7 Å². The fourth-order valence-electron chi connectivity index (χ4n) is 3.03. The van der Waals surface area contributed by atoms with Gasteiger partial charge in [-0.25, -0.2) is 0 Å². The lowest BCUT2D eigenvalue weighted by atomic mass is 10.1. The molecule has 0 aliphatic carbocycles. The molecule has 0 spiro atoms. The zero-order valence-electron chi connectivity index (χ0n) is 11.8. The van der Waals surface area contributed by atoms with E-state index in [9.17, 15) is 13.2 Å². The molecule has 3 rings (SSSR count). The second-order valence-corrected chi connectivity index (χ2v) is 6.74. The SMILES string of the molecule is FC(F)(F)c1cccc(N2CCN(C3CCSC3)CC2)c1. The maximum absolute atomic E-state index is 12.8. The second-order valence-electron chi connectivity index (χ2n) is 5.59. The Morgan fingerprint density at radius 3 is 2.48 bits per heavy atom. The van der Waals surface area contributed by atoms with Crippen LogP contribution in [0.15, 0.2) is 24.3 Å². The van der Waals surface area contributed by atoms with Gasteiger partial charge in [0.15, 0.2) is 0 Å². The Hall–Kier alpha value is -0.880. The highest BCUT2D eigenvalue weighted by Crippen LogP contribution is 2.32. The minimum atomic E-state index is -4.26. The third kappa shape index (κ3) is 3.48. The van der Waals surface area contributed by atoms with Gasteiger partial charge in [0.25, 0.3) is 0 Å². The number of hydrogen-bond acceptors (Lipinski definition) is 3. The zero-order valence-corrected chi connectivity index (χ0v) is 12.6. The molecule has 0 saturated carbocycles. The van der Waals surface area contributed by atoms with E-state index in [0.717, 1.165) is 32.2 Å². The van der Waals surface area contributed by atoms with Crippen molar-refractivity contribution in [3.8, 4) is 0 Å². The van der Waals surface area contributed by atoms with E-state index in [1.807, 2.05) is 11.8 Å². The average molecular weight is 316 g/mol. The molecule has 2 aliphatic rings. The average Bonchev–Trinajstić information content (AvgIpc) is 3.01. The number of benzene rings is 1. The maximum Gasteiger partial charge on any atom is 0.416 e. The molecule has 0 radical (unpaired) electrons. The van der Waals surface area contributed by atoms with Gasteiger partial charge in [0.2, 0.25) is 0 Å². The van der Waals surface area contributed by atoms with Crippen molar-refractivity contribution < 1.29 is 13.2 Å². The summed E-state index contributed by atoms with van der Waals surface area (Å²) < 4.78 is 38.3.